The summed E-state index contributed by atoms with van der Waals surface area (Å²) in [7, 11) is 1.71. The summed E-state index contributed by atoms with van der Waals surface area (Å²) in [5, 5.41) is 4.84. The lowest BCUT2D eigenvalue weighted by atomic mass is 9.93. The van der Waals surface area contributed by atoms with Crippen LogP contribution in [0.1, 0.15) is 68.6 Å². The summed E-state index contributed by atoms with van der Waals surface area (Å²) in [5.74, 6) is 3.46. The molecule has 2 aromatic heterocycles. The SMILES string of the molecule is COCc1nc(C2CCCN(c3ccccn3)C2)n(C2CCCCC2)n1. The highest BCUT2D eigenvalue weighted by atomic mass is 16.5. The average Bonchev–Trinajstić information content (AvgIpc) is 3.14. The van der Waals surface area contributed by atoms with Crippen molar-refractivity contribution in [3.8, 4) is 0 Å². The number of ether oxygens (including phenoxy) is 1. The summed E-state index contributed by atoms with van der Waals surface area (Å²) < 4.78 is 7.55. The van der Waals surface area contributed by atoms with Crippen LogP contribution in [0.25, 0.3) is 0 Å². The molecule has 3 heterocycles. The van der Waals surface area contributed by atoms with E-state index >= 15 is 0 Å². The van der Waals surface area contributed by atoms with E-state index in [0.29, 0.717) is 18.6 Å². The Hall–Kier alpha value is -1.95. The van der Waals surface area contributed by atoms with Gasteiger partial charge in [0.15, 0.2) is 5.82 Å². The average molecular weight is 355 g/mol. The van der Waals surface area contributed by atoms with Gasteiger partial charge in [-0.1, -0.05) is 25.3 Å². The topological polar surface area (TPSA) is 56.1 Å². The number of pyridine rings is 1. The first-order chi connectivity index (χ1) is 12.8. The summed E-state index contributed by atoms with van der Waals surface area (Å²) in [6.07, 6.45) is 10.6. The van der Waals surface area contributed by atoms with Crippen LogP contribution in [0, 0.1) is 0 Å². The smallest absolute Gasteiger partial charge is 0.176 e. The Morgan fingerprint density at radius 3 is 2.77 bits per heavy atom. The van der Waals surface area contributed by atoms with Crippen molar-refractivity contribution < 1.29 is 4.74 Å². The Labute approximate surface area is 155 Å². The first kappa shape index (κ1) is 17.5. The van der Waals surface area contributed by atoms with Gasteiger partial charge in [0.2, 0.25) is 0 Å². The number of aromatic nitrogens is 4. The van der Waals surface area contributed by atoms with Gasteiger partial charge in [0.1, 0.15) is 18.2 Å². The number of rotatable bonds is 5. The van der Waals surface area contributed by atoms with Gasteiger partial charge in [-0.05, 0) is 37.8 Å². The second-order valence-corrected chi connectivity index (χ2v) is 7.53. The van der Waals surface area contributed by atoms with E-state index in [2.05, 4.69) is 26.7 Å². The predicted molar refractivity (Wildman–Crippen MR) is 101 cm³/mol. The number of methoxy groups -OCH3 is 1. The van der Waals surface area contributed by atoms with Gasteiger partial charge < -0.3 is 9.64 Å². The fraction of sp³-hybridized carbons (Fsp3) is 0.650. The Bertz CT molecular complexity index is 695. The molecule has 26 heavy (non-hydrogen) atoms. The molecule has 0 bridgehead atoms. The molecule has 2 aromatic rings. The third-order valence-electron chi connectivity index (χ3n) is 5.66. The highest BCUT2D eigenvalue weighted by molar-refractivity contribution is 5.39. The molecular formula is C20H29N5O. The summed E-state index contributed by atoms with van der Waals surface area (Å²) in [6.45, 7) is 2.52. The molecule has 1 atom stereocenters. The van der Waals surface area contributed by atoms with Gasteiger partial charge in [-0.3, -0.25) is 0 Å². The summed E-state index contributed by atoms with van der Waals surface area (Å²) in [5.41, 5.74) is 0. The second-order valence-electron chi connectivity index (χ2n) is 7.53. The molecule has 0 amide bonds. The van der Waals surface area contributed by atoms with Crippen LogP contribution in [-0.2, 0) is 11.3 Å². The molecule has 0 radical (unpaired) electrons. The highest BCUT2D eigenvalue weighted by Crippen LogP contribution is 2.33. The zero-order valence-electron chi connectivity index (χ0n) is 15.7. The highest BCUT2D eigenvalue weighted by Gasteiger charge is 2.29. The zero-order chi connectivity index (χ0) is 17.8. The molecule has 140 valence electrons. The van der Waals surface area contributed by atoms with E-state index in [0.717, 1.165) is 30.6 Å². The van der Waals surface area contributed by atoms with Crippen LogP contribution in [0.4, 0.5) is 5.82 Å². The molecule has 1 aliphatic heterocycles. The predicted octanol–water partition coefficient (Wildman–Crippen LogP) is 3.71. The number of hydrogen-bond donors (Lipinski definition) is 0. The van der Waals surface area contributed by atoms with Gasteiger partial charge >= 0.3 is 0 Å². The van der Waals surface area contributed by atoms with Crippen molar-refractivity contribution in [3.05, 3.63) is 36.0 Å². The lowest BCUT2D eigenvalue weighted by Gasteiger charge is -2.34. The van der Waals surface area contributed by atoms with E-state index in [-0.39, 0.29) is 0 Å². The normalized spacial score (nSPS) is 21.9. The summed E-state index contributed by atoms with van der Waals surface area (Å²) in [6, 6.07) is 6.64. The Kier molecular flexibility index (Phi) is 5.48. The fourth-order valence-electron chi connectivity index (χ4n) is 4.38. The number of hydrogen-bond acceptors (Lipinski definition) is 5. The van der Waals surface area contributed by atoms with Gasteiger partial charge in [-0.2, -0.15) is 5.10 Å². The van der Waals surface area contributed by atoms with E-state index in [1.165, 1.54) is 44.9 Å². The van der Waals surface area contributed by atoms with Crippen molar-refractivity contribution in [1.82, 2.24) is 19.7 Å². The molecule has 0 N–H and O–H groups in total. The van der Waals surface area contributed by atoms with Crippen LogP contribution >= 0.6 is 0 Å². The minimum Gasteiger partial charge on any atom is -0.377 e. The van der Waals surface area contributed by atoms with Gasteiger partial charge in [0.05, 0.1) is 6.04 Å². The molecule has 2 fully saturated rings. The quantitative estimate of drug-likeness (QED) is 0.818. The second kappa shape index (κ2) is 8.16. The van der Waals surface area contributed by atoms with Crippen molar-refractivity contribution >= 4 is 5.82 Å². The van der Waals surface area contributed by atoms with Crippen molar-refractivity contribution in [3.63, 3.8) is 0 Å². The van der Waals surface area contributed by atoms with E-state index in [1.807, 2.05) is 12.3 Å². The van der Waals surface area contributed by atoms with E-state index < -0.39 is 0 Å². The molecule has 1 saturated heterocycles. The van der Waals surface area contributed by atoms with Crippen molar-refractivity contribution in [2.45, 2.75) is 63.5 Å². The number of piperidine rings is 1. The lowest BCUT2D eigenvalue weighted by Crippen LogP contribution is -2.36. The van der Waals surface area contributed by atoms with Gasteiger partial charge in [0.25, 0.3) is 0 Å². The van der Waals surface area contributed by atoms with E-state index in [1.54, 1.807) is 7.11 Å². The van der Waals surface area contributed by atoms with Gasteiger partial charge in [0, 0.05) is 32.3 Å². The molecular weight excluding hydrogens is 326 g/mol. The monoisotopic (exact) mass is 355 g/mol. The zero-order valence-corrected chi connectivity index (χ0v) is 15.7. The standard InChI is InChI=1S/C20H29N5O/c1-26-15-18-22-20(25(23-18)17-9-3-2-4-10-17)16-8-7-13-24(14-16)19-11-5-6-12-21-19/h5-6,11-12,16-17H,2-4,7-10,13-15H2,1H3. The third kappa shape index (κ3) is 3.75. The Balaban J connectivity index is 1.58. The Morgan fingerprint density at radius 1 is 1.12 bits per heavy atom. The van der Waals surface area contributed by atoms with Crippen LogP contribution in [-0.4, -0.2) is 39.9 Å². The number of anilines is 1. The first-order valence-electron chi connectivity index (χ1n) is 9.95. The maximum Gasteiger partial charge on any atom is 0.176 e. The molecule has 6 heteroatoms. The van der Waals surface area contributed by atoms with Crippen LogP contribution in [0.15, 0.2) is 24.4 Å². The van der Waals surface area contributed by atoms with Crippen LogP contribution in [0.3, 0.4) is 0 Å². The van der Waals surface area contributed by atoms with Crippen LogP contribution < -0.4 is 4.90 Å². The van der Waals surface area contributed by atoms with E-state index in [4.69, 9.17) is 14.8 Å². The molecule has 0 spiro atoms. The molecule has 0 aromatic carbocycles. The molecule has 4 rings (SSSR count). The van der Waals surface area contributed by atoms with Crippen LogP contribution in [0.5, 0.6) is 0 Å². The van der Waals surface area contributed by atoms with Crippen LogP contribution in [0.2, 0.25) is 0 Å². The number of nitrogens with zero attached hydrogens (tertiary/aromatic N) is 5. The summed E-state index contributed by atoms with van der Waals surface area (Å²) >= 11 is 0. The molecule has 2 aliphatic rings. The minimum atomic E-state index is 0.408. The van der Waals surface area contributed by atoms with Crippen molar-refractivity contribution in [2.24, 2.45) is 0 Å². The van der Waals surface area contributed by atoms with Gasteiger partial charge in [-0.15, -0.1) is 0 Å². The first-order valence-corrected chi connectivity index (χ1v) is 9.95. The molecule has 1 unspecified atom stereocenters. The largest absolute Gasteiger partial charge is 0.377 e. The molecule has 1 saturated carbocycles. The van der Waals surface area contributed by atoms with Gasteiger partial charge in [-0.25, -0.2) is 14.6 Å². The minimum absolute atomic E-state index is 0.408. The van der Waals surface area contributed by atoms with E-state index in [9.17, 15) is 0 Å². The molecule has 6 nitrogen and oxygen atoms in total. The summed E-state index contributed by atoms with van der Waals surface area (Å²) in [4.78, 5) is 11.8. The Morgan fingerprint density at radius 2 is 2.00 bits per heavy atom. The molecule has 1 aliphatic carbocycles. The lowest BCUT2D eigenvalue weighted by molar-refractivity contribution is 0.176. The maximum absolute atomic E-state index is 5.30. The van der Waals surface area contributed by atoms with Crippen molar-refractivity contribution in [1.29, 1.82) is 0 Å². The fourth-order valence-corrected chi connectivity index (χ4v) is 4.38. The maximum atomic E-state index is 5.30. The van der Waals surface area contributed by atoms with Crippen molar-refractivity contribution in [2.75, 3.05) is 25.1 Å². The third-order valence-corrected chi connectivity index (χ3v) is 5.66.